The number of hydrogen-bond donors (Lipinski definition) is 1. The maximum absolute atomic E-state index is 12.1. The third kappa shape index (κ3) is 3.85. The Balaban J connectivity index is 1.91. The quantitative estimate of drug-likeness (QED) is 0.834. The van der Waals surface area contributed by atoms with Crippen LogP contribution in [0.1, 0.15) is 31.2 Å². The van der Waals surface area contributed by atoms with Crippen LogP contribution in [-0.2, 0) is 4.79 Å². The number of hydrogen-bond acceptors (Lipinski definition) is 2. The van der Waals surface area contributed by atoms with Crippen LogP contribution in [0.3, 0.4) is 0 Å². The van der Waals surface area contributed by atoms with Gasteiger partial charge in [-0.1, -0.05) is 24.1 Å². The molecule has 0 bridgehead atoms. The minimum absolute atomic E-state index is 0.0817. The van der Waals surface area contributed by atoms with E-state index in [-0.39, 0.29) is 5.91 Å². The first-order chi connectivity index (χ1) is 9.70. The average Bonchev–Trinajstić information content (AvgIpc) is 2.53. The zero-order valence-electron chi connectivity index (χ0n) is 12.2. The Morgan fingerprint density at radius 1 is 1.20 bits per heavy atom. The molecule has 1 aromatic rings. The molecule has 1 N–H and O–H groups in total. The van der Waals surface area contributed by atoms with Gasteiger partial charge in [-0.05, 0) is 44.9 Å². The fraction of sp³-hybridized carbons (Fsp3) is 0.471. The monoisotopic (exact) mass is 270 g/mol. The van der Waals surface area contributed by atoms with Gasteiger partial charge < -0.3 is 10.2 Å². The van der Waals surface area contributed by atoms with E-state index in [1.807, 2.05) is 49.3 Å². The summed E-state index contributed by atoms with van der Waals surface area (Å²) in [5.74, 6) is 5.59. The van der Waals surface area contributed by atoms with Gasteiger partial charge >= 0.3 is 0 Å². The SMILES string of the molecule is CNC1CCC(N(C)C(=O)C#Cc2ccccc2)CC1. The molecule has 1 fully saturated rings. The fourth-order valence-corrected chi connectivity index (χ4v) is 2.65. The van der Waals surface area contributed by atoms with Crippen LogP contribution in [0.4, 0.5) is 0 Å². The summed E-state index contributed by atoms with van der Waals surface area (Å²) >= 11 is 0. The summed E-state index contributed by atoms with van der Waals surface area (Å²) in [6, 6.07) is 10.6. The molecular formula is C17H22N2O. The van der Waals surface area contributed by atoms with Crippen LogP contribution in [0.5, 0.6) is 0 Å². The Labute approximate surface area is 121 Å². The zero-order valence-corrected chi connectivity index (χ0v) is 12.2. The summed E-state index contributed by atoms with van der Waals surface area (Å²) in [7, 11) is 3.87. The minimum atomic E-state index is -0.0817. The Morgan fingerprint density at radius 2 is 1.85 bits per heavy atom. The molecule has 106 valence electrons. The molecule has 0 spiro atoms. The maximum Gasteiger partial charge on any atom is 0.298 e. The van der Waals surface area contributed by atoms with Crippen molar-refractivity contribution < 1.29 is 4.79 Å². The first-order valence-electron chi connectivity index (χ1n) is 7.22. The Morgan fingerprint density at radius 3 is 2.45 bits per heavy atom. The molecule has 3 nitrogen and oxygen atoms in total. The van der Waals surface area contributed by atoms with E-state index in [1.165, 1.54) is 0 Å². The first-order valence-corrected chi connectivity index (χ1v) is 7.22. The van der Waals surface area contributed by atoms with E-state index >= 15 is 0 Å². The molecule has 0 radical (unpaired) electrons. The highest BCUT2D eigenvalue weighted by atomic mass is 16.2. The van der Waals surface area contributed by atoms with Gasteiger partial charge in [0, 0.05) is 30.6 Å². The molecule has 20 heavy (non-hydrogen) atoms. The number of rotatable bonds is 2. The summed E-state index contributed by atoms with van der Waals surface area (Å²) in [6.45, 7) is 0. The maximum atomic E-state index is 12.1. The second kappa shape index (κ2) is 7.12. The van der Waals surface area contributed by atoms with E-state index in [2.05, 4.69) is 17.2 Å². The van der Waals surface area contributed by atoms with E-state index < -0.39 is 0 Å². The lowest BCUT2D eigenvalue weighted by Crippen LogP contribution is -2.42. The van der Waals surface area contributed by atoms with Crippen LogP contribution in [0.2, 0.25) is 0 Å². The predicted molar refractivity (Wildman–Crippen MR) is 81.2 cm³/mol. The molecule has 2 rings (SSSR count). The Bertz CT molecular complexity index is 493. The standard InChI is InChI=1S/C17H22N2O/c1-18-15-9-11-16(12-10-15)19(2)17(20)13-8-14-6-4-3-5-7-14/h3-7,15-16,18H,9-12H2,1-2H3. The van der Waals surface area contributed by atoms with Crippen molar-refractivity contribution in [3.63, 3.8) is 0 Å². The molecular weight excluding hydrogens is 248 g/mol. The van der Waals surface area contributed by atoms with Crippen LogP contribution < -0.4 is 5.32 Å². The van der Waals surface area contributed by atoms with E-state index in [0.717, 1.165) is 31.2 Å². The lowest BCUT2D eigenvalue weighted by molar-refractivity contribution is -0.126. The van der Waals surface area contributed by atoms with Crippen molar-refractivity contribution in [3.05, 3.63) is 35.9 Å². The Hall–Kier alpha value is -1.79. The number of carbonyl (C=O) groups is 1. The van der Waals surface area contributed by atoms with Crippen LogP contribution in [0.25, 0.3) is 0 Å². The van der Waals surface area contributed by atoms with Gasteiger partial charge in [0.25, 0.3) is 5.91 Å². The molecule has 3 heteroatoms. The van der Waals surface area contributed by atoms with Gasteiger partial charge in [-0.25, -0.2) is 0 Å². The van der Waals surface area contributed by atoms with E-state index in [1.54, 1.807) is 0 Å². The molecule has 1 amide bonds. The highest BCUT2D eigenvalue weighted by molar-refractivity contribution is 5.94. The predicted octanol–water partition coefficient (Wildman–Crippen LogP) is 2.03. The molecule has 0 aliphatic heterocycles. The summed E-state index contributed by atoms with van der Waals surface area (Å²) in [4.78, 5) is 13.9. The van der Waals surface area contributed by atoms with Gasteiger partial charge in [0.2, 0.25) is 0 Å². The highest BCUT2D eigenvalue weighted by Crippen LogP contribution is 2.22. The summed E-state index contributed by atoms with van der Waals surface area (Å²) in [6.07, 6.45) is 4.37. The molecule has 1 saturated carbocycles. The second-order valence-corrected chi connectivity index (χ2v) is 5.33. The molecule has 0 unspecified atom stereocenters. The van der Waals surface area contributed by atoms with Gasteiger partial charge in [0.1, 0.15) is 0 Å². The molecule has 0 heterocycles. The lowest BCUT2D eigenvalue weighted by Gasteiger charge is -2.33. The molecule has 0 aromatic heterocycles. The van der Waals surface area contributed by atoms with Gasteiger partial charge in [-0.2, -0.15) is 0 Å². The zero-order chi connectivity index (χ0) is 14.4. The van der Waals surface area contributed by atoms with Gasteiger partial charge in [-0.3, -0.25) is 4.79 Å². The smallest absolute Gasteiger partial charge is 0.298 e. The molecule has 1 aromatic carbocycles. The van der Waals surface area contributed by atoms with E-state index in [4.69, 9.17) is 0 Å². The molecule has 1 aliphatic carbocycles. The third-order valence-electron chi connectivity index (χ3n) is 4.06. The highest BCUT2D eigenvalue weighted by Gasteiger charge is 2.24. The van der Waals surface area contributed by atoms with Crippen LogP contribution in [0, 0.1) is 11.8 Å². The summed E-state index contributed by atoms with van der Waals surface area (Å²) in [5, 5.41) is 3.31. The number of benzene rings is 1. The third-order valence-corrected chi connectivity index (χ3v) is 4.06. The molecule has 1 aliphatic rings. The Kier molecular flexibility index (Phi) is 5.20. The van der Waals surface area contributed by atoms with E-state index in [9.17, 15) is 4.79 Å². The first kappa shape index (κ1) is 14.6. The largest absolute Gasteiger partial charge is 0.332 e. The van der Waals surface area contributed by atoms with Gasteiger partial charge in [-0.15, -0.1) is 0 Å². The van der Waals surface area contributed by atoms with Crippen LogP contribution in [0.15, 0.2) is 30.3 Å². The van der Waals surface area contributed by atoms with Crippen molar-refractivity contribution in [1.82, 2.24) is 10.2 Å². The van der Waals surface area contributed by atoms with Crippen molar-refractivity contribution in [2.75, 3.05) is 14.1 Å². The summed E-state index contributed by atoms with van der Waals surface area (Å²) < 4.78 is 0. The molecule has 0 saturated heterocycles. The van der Waals surface area contributed by atoms with Gasteiger partial charge in [0.15, 0.2) is 0 Å². The number of nitrogens with one attached hydrogen (secondary N) is 1. The minimum Gasteiger partial charge on any atom is -0.332 e. The van der Waals surface area contributed by atoms with Crippen molar-refractivity contribution in [1.29, 1.82) is 0 Å². The van der Waals surface area contributed by atoms with Crippen LogP contribution in [-0.4, -0.2) is 37.0 Å². The normalized spacial score (nSPS) is 21.7. The fourth-order valence-electron chi connectivity index (χ4n) is 2.65. The van der Waals surface area contributed by atoms with Crippen molar-refractivity contribution in [2.24, 2.45) is 0 Å². The van der Waals surface area contributed by atoms with Crippen molar-refractivity contribution in [2.45, 2.75) is 37.8 Å². The topological polar surface area (TPSA) is 32.3 Å². The average molecular weight is 270 g/mol. The number of carbonyl (C=O) groups excluding carboxylic acids is 1. The van der Waals surface area contributed by atoms with Crippen molar-refractivity contribution in [3.8, 4) is 11.8 Å². The molecule has 0 atom stereocenters. The second-order valence-electron chi connectivity index (χ2n) is 5.33. The lowest BCUT2D eigenvalue weighted by atomic mass is 9.90. The van der Waals surface area contributed by atoms with Crippen LogP contribution >= 0.6 is 0 Å². The van der Waals surface area contributed by atoms with Gasteiger partial charge in [0.05, 0.1) is 0 Å². The number of nitrogens with zero attached hydrogens (tertiary/aromatic N) is 1. The van der Waals surface area contributed by atoms with Crippen molar-refractivity contribution >= 4 is 5.91 Å². The number of amides is 1. The van der Waals surface area contributed by atoms with E-state index in [0.29, 0.717) is 12.1 Å². The summed E-state index contributed by atoms with van der Waals surface area (Å²) in [5.41, 5.74) is 0.883.